The third-order valence-corrected chi connectivity index (χ3v) is 2.85. The zero-order valence-electron chi connectivity index (χ0n) is 9.75. The van der Waals surface area contributed by atoms with Crippen LogP contribution >= 0.6 is 23.2 Å². The molecule has 0 bridgehead atoms. The molecule has 2 aromatic heterocycles. The highest BCUT2D eigenvalue weighted by atomic mass is 35.5. The minimum atomic E-state index is -0.851. The molecular weight excluding hydrogens is 292 g/mol. The van der Waals surface area contributed by atoms with E-state index in [4.69, 9.17) is 23.2 Å². The molecule has 2 heterocycles. The number of carbonyl (C=O) groups is 1. The molecule has 0 saturated carbocycles. The molecule has 0 aromatic carbocycles. The molecular formula is C12H8Cl2FN3O. The Labute approximate surface area is 118 Å². The molecule has 0 fully saturated rings. The summed E-state index contributed by atoms with van der Waals surface area (Å²) in [4.78, 5) is 19.1. The van der Waals surface area contributed by atoms with E-state index in [0.717, 1.165) is 0 Å². The Morgan fingerprint density at radius 1 is 1.42 bits per heavy atom. The predicted molar refractivity (Wildman–Crippen MR) is 71.1 cm³/mol. The number of nitrogens with zero attached hydrogens (tertiary/aromatic N) is 2. The first-order valence-electron chi connectivity index (χ1n) is 5.23. The van der Waals surface area contributed by atoms with Crippen molar-refractivity contribution >= 4 is 34.8 Å². The number of amides is 1. The van der Waals surface area contributed by atoms with Crippen LogP contribution in [0.15, 0.2) is 24.4 Å². The second-order valence-electron chi connectivity index (χ2n) is 3.72. The number of aryl methyl sites for hydroxylation is 1. The fourth-order valence-corrected chi connectivity index (χ4v) is 2.06. The summed E-state index contributed by atoms with van der Waals surface area (Å²) >= 11 is 11.6. The van der Waals surface area contributed by atoms with Crippen molar-refractivity contribution in [2.45, 2.75) is 6.92 Å². The Morgan fingerprint density at radius 3 is 2.79 bits per heavy atom. The van der Waals surface area contributed by atoms with Gasteiger partial charge in [-0.25, -0.2) is 9.97 Å². The summed E-state index contributed by atoms with van der Waals surface area (Å²) in [5.41, 5.74) is 0.745. The van der Waals surface area contributed by atoms with Gasteiger partial charge in [-0.15, -0.1) is 0 Å². The molecule has 2 rings (SSSR count). The summed E-state index contributed by atoms with van der Waals surface area (Å²) < 4.78 is 13.4. The van der Waals surface area contributed by atoms with Crippen molar-refractivity contribution in [2.24, 2.45) is 0 Å². The van der Waals surface area contributed by atoms with E-state index in [1.165, 1.54) is 18.3 Å². The fraction of sp³-hybridized carbons (Fsp3) is 0.0833. The van der Waals surface area contributed by atoms with Gasteiger partial charge in [0.25, 0.3) is 5.91 Å². The quantitative estimate of drug-likeness (QED) is 0.864. The summed E-state index contributed by atoms with van der Waals surface area (Å²) in [7, 11) is 0. The van der Waals surface area contributed by atoms with Gasteiger partial charge in [-0.2, -0.15) is 4.39 Å². The van der Waals surface area contributed by atoms with Crippen molar-refractivity contribution < 1.29 is 9.18 Å². The van der Waals surface area contributed by atoms with Crippen LogP contribution in [-0.4, -0.2) is 15.9 Å². The van der Waals surface area contributed by atoms with Gasteiger partial charge in [0.15, 0.2) is 5.15 Å². The highest BCUT2D eigenvalue weighted by molar-refractivity contribution is 6.35. The average molecular weight is 300 g/mol. The molecule has 0 aliphatic carbocycles. The van der Waals surface area contributed by atoms with E-state index in [1.807, 2.05) is 0 Å². The number of hydrogen-bond donors (Lipinski definition) is 1. The van der Waals surface area contributed by atoms with E-state index < -0.39 is 11.9 Å². The van der Waals surface area contributed by atoms with Crippen molar-refractivity contribution in [3.8, 4) is 0 Å². The average Bonchev–Trinajstić information content (AvgIpc) is 2.34. The van der Waals surface area contributed by atoms with E-state index in [2.05, 4.69) is 15.3 Å². The highest BCUT2D eigenvalue weighted by Crippen LogP contribution is 2.26. The monoisotopic (exact) mass is 299 g/mol. The molecule has 19 heavy (non-hydrogen) atoms. The molecule has 1 N–H and O–H groups in total. The van der Waals surface area contributed by atoms with Crippen LogP contribution < -0.4 is 5.32 Å². The second-order valence-corrected chi connectivity index (χ2v) is 4.47. The molecule has 0 unspecified atom stereocenters. The number of halogens is 3. The lowest BCUT2D eigenvalue weighted by atomic mass is 10.2. The van der Waals surface area contributed by atoms with Crippen LogP contribution in [0.1, 0.15) is 15.9 Å². The lowest BCUT2D eigenvalue weighted by Crippen LogP contribution is -2.15. The van der Waals surface area contributed by atoms with Crippen molar-refractivity contribution in [1.82, 2.24) is 9.97 Å². The van der Waals surface area contributed by atoms with Crippen molar-refractivity contribution in [3.63, 3.8) is 0 Å². The molecule has 0 saturated heterocycles. The first kappa shape index (κ1) is 13.7. The van der Waals surface area contributed by atoms with Crippen LogP contribution in [0.5, 0.6) is 0 Å². The van der Waals surface area contributed by atoms with E-state index in [0.29, 0.717) is 11.3 Å². The lowest BCUT2D eigenvalue weighted by Gasteiger charge is -2.10. The van der Waals surface area contributed by atoms with Crippen LogP contribution in [0.25, 0.3) is 0 Å². The van der Waals surface area contributed by atoms with Gasteiger partial charge >= 0.3 is 0 Å². The fourth-order valence-electron chi connectivity index (χ4n) is 1.48. The maximum atomic E-state index is 13.4. The number of aromatic nitrogens is 2. The van der Waals surface area contributed by atoms with Crippen molar-refractivity contribution in [3.05, 3.63) is 51.8 Å². The molecule has 0 radical (unpaired) electrons. The van der Waals surface area contributed by atoms with E-state index in [9.17, 15) is 9.18 Å². The summed E-state index contributed by atoms with van der Waals surface area (Å²) in [6.45, 7) is 1.70. The normalized spacial score (nSPS) is 10.3. The van der Waals surface area contributed by atoms with Gasteiger partial charge in [-0.1, -0.05) is 23.2 Å². The third-order valence-electron chi connectivity index (χ3n) is 2.38. The summed E-state index contributed by atoms with van der Waals surface area (Å²) in [5.74, 6) is -1.50. The molecule has 0 spiro atoms. The largest absolute Gasteiger partial charge is 0.319 e. The van der Waals surface area contributed by atoms with Gasteiger partial charge in [0, 0.05) is 6.20 Å². The van der Waals surface area contributed by atoms with Crippen molar-refractivity contribution in [1.29, 1.82) is 0 Å². The Morgan fingerprint density at radius 2 is 2.16 bits per heavy atom. The molecule has 2 aromatic rings. The van der Waals surface area contributed by atoms with Crippen LogP contribution in [0.3, 0.4) is 0 Å². The van der Waals surface area contributed by atoms with E-state index >= 15 is 0 Å². The summed E-state index contributed by atoms with van der Waals surface area (Å²) in [5, 5.41) is 2.75. The number of anilines is 1. The molecule has 98 valence electrons. The van der Waals surface area contributed by atoms with Gasteiger partial charge in [-0.05, 0) is 30.7 Å². The number of carbonyl (C=O) groups excluding carboxylic acids is 1. The third kappa shape index (κ3) is 3.00. The zero-order chi connectivity index (χ0) is 14.0. The van der Waals surface area contributed by atoms with Gasteiger partial charge in [0.1, 0.15) is 5.15 Å². The first-order chi connectivity index (χ1) is 8.99. The summed E-state index contributed by atoms with van der Waals surface area (Å²) in [6, 6.07) is 4.33. The number of hydrogen-bond acceptors (Lipinski definition) is 3. The van der Waals surface area contributed by atoms with Crippen LogP contribution in [-0.2, 0) is 0 Å². The van der Waals surface area contributed by atoms with Crippen LogP contribution in [0.4, 0.5) is 10.1 Å². The first-order valence-corrected chi connectivity index (χ1v) is 5.99. The van der Waals surface area contributed by atoms with Gasteiger partial charge < -0.3 is 5.32 Å². The van der Waals surface area contributed by atoms with E-state index in [1.54, 1.807) is 13.0 Å². The Balaban J connectivity index is 2.32. The predicted octanol–water partition coefficient (Wildman–Crippen LogP) is 3.48. The summed E-state index contributed by atoms with van der Waals surface area (Å²) in [6.07, 6.45) is 1.26. The number of rotatable bonds is 2. The molecule has 0 aliphatic rings. The maximum Gasteiger partial charge on any atom is 0.260 e. The van der Waals surface area contributed by atoms with Gasteiger partial charge in [0.2, 0.25) is 5.95 Å². The Bertz CT molecular complexity index is 626. The standard InChI is InChI=1S/C12H8Cl2FN3O/c1-6-5-8(13)17-10(14)9(6)18-12(19)7-3-2-4-16-11(7)15/h2-5H,1H3,(H,18,19). The Kier molecular flexibility index (Phi) is 3.97. The topological polar surface area (TPSA) is 54.9 Å². The van der Waals surface area contributed by atoms with Crippen LogP contribution in [0.2, 0.25) is 10.3 Å². The highest BCUT2D eigenvalue weighted by Gasteiger charge is 2.16. The smallest absolute Gasteiger partial charge is 0.260 e. The number of nitrogens with one attached hydrogen (secondary N) is 1. The Hall–Kier alpha value is -1.72. The zero-order valence-corrected chi connectivity index (χ0v) is 11.3. The van der Waals surface area contributed by atoms with Crippen molar-refractivity contribution in [2.75, 3.05) is 5.32 Å². The lowest BCUT2D eigenvalue weighted by molar-refractivity contribution is 0.102. The number of pyridine rings is 2. The second kappa shape index (κ2) is 5.50. The SMILES string of the molecule is Cc1cc(Cl)nc(Cl)c1NC(=O)c1cccnc1F. The van der Waals surface area contributed by atoms with E-state index in [-0.39, 0.29) is 15.9 Å². The van der Waals surface area contributed by atoms with Gasteiger partial charge in [0.05, 0.1) is 11.3 Å². The molecule has 1 amide bonds. The minimum Gasteiger partial charge on any atom is -0.319 e. The molecule has 0 atom stereocenters. The molecule has 4 nitrogen and oxygen atoms in total. The molecule has 0 aliphatic heterocycles. The van der Waals surface area contributed by atoms with Crippen LogP contribution in [0, 0.1) is 12.9 Å². The molecule has 7 heteroatoms. The van der Waals surface area contributed by atoms with Gasteiger partial charge in [-0.3, -0.25) is 4.79 Å². The minimum absolute atomic E-state index is 0.0441. The maximum absolute atomic E-state index is 13.4.